The van der Waals surface area contributed by atoms with Gasteiger partial charge in [0.05, 0.1) is 6.61 Å². The first-order chi connectivity index (χ1) is 9.15. The van der Waals surface area contributed by atoms with Crippen molar-refractivity contribution in [3.8, 4) is 0 Å². The van der Waals surface area contributed by atoms with E-state index >= 15 is 0 Å². The molecule has 0 aromatic carbocycles. The maximum atomic E-state index is 5.54. The Labute approximate surface area is 115 Å². The van der Waals surface area contributed by atoms with Gasteiger partial charge in [-0.05, 0) is 19.8 Å². The zero-order valence-corrected chi connectivity index (χ0v) is 12.3. The van der Waals surface area contributed by atoms with E-state index in [9.17, 15) is 0 Å². The Bertz CT molecular complexity index is 383. The molecule has 19 heavy (non-hydrogen) atoms. The molecule has 0 fully saturated rings. The molecular formula is C13H25N5O. The van der Waals surface area contributed by atoms with Crippen molar-refractivity contribution >= 4 is 11.6 Å². The predicted molar refractivity (Wildman–Crippen MR) is 78.3 cm³/mol. The first-order valence-corrected chi connectivity index (χ1v) is 6.79. The number of aromatic nitrogens is 2. The predicted octanol–water partition coefficient (Wildman–Crippen LogP) is 1.75. The molecule has 0 atom stereocenters. The highest BCUT2D eigenvalue weighted by Gasteiger charge is 2.18. The molecule has 0 bridgehead atoms. The van der Waals surface area contributed by atoms with Gasteiger partial charge in [0, 0.05) is 25.3 Å². The zero-order chi connectivity index (χ0) is 14.3. The number of hydrogen-bond acceptors (Lipinski definition) is 6. The number of nitrogens with zero attached hydrogens (tertiary/aromatic N) is 3. The maximum absolute atomic E-state index is 5.54. The molecule has 108 valence electrons. The van der Waals surface area contributed by atoms with E-state index < -0.39 is 0 Å². The van der Waals surface area contributed by atoms with Crippen LogP contribution in [0.25, 0.3) is 0 Å². The summed E-state index contributed by atoms with van der Waals surface area (Å²) in [4.78, 5) is 10.8. The Morgan fingerprint density at radius 2 is 2.11 bits per heavy atom. The topological polar surface area (TPSA) is 76.3 Å². The summed E-state index contributed by atoms with van der Waals surface area (Å²) in [6.45, 7) is 11.4. The number of anilines is 2. The van der Waals surface area contributed by atoms with Crippen LogP contribution in [0, 0.1) is 0 Å². The molecule has 0 saturated heterocycles. The van der Waals surface area contributed by atoms with Crippen LogP contribution >= 0.6 is 0 Å². The highest BCUT2D eigenvalue weighted by atomic mass is 16.5. The van der Waals surface area contributed by atoms with Crippen molar-refractivity contribution in [2.24, 2.45) is 5.84 Å². The van der Waals surface area contributed by atoms with Gasteiger partial charge in [-0.25, -0.2) is 15.8 Å². The lowest BCUT2D eigenvalue weighted by molar-refractivity contribution is 0.154. The molecule has 1 aromatic rings. The van der Waals surface area contributed by atoms with Gasteiger partial charge in [-0.1, -0.05) is 13.8 Å². The van der Waals surface area contributed by atoms with E-state index in [4.69, 9.17) is 10.6 Å². The van der Waals surface area contributed by atoms with Gasteiger partial charge in [0.2, 0.25) is 0 Å². The maximum Gasteiger partial charge on any atom is 0.148 e. The first kappa shape index (κ1) is 15.7. The molecule has 0 spiro atoms. The van der Waals surface area contributed by atoms with E-state index in [2.05, 4.69) is 41.1 Å². The van der Waals surface area contributed by atoms with Gasteiger partial charge >= 0.3 is 0 Å². The summed E-state index contributed by atoms with van der Waals surface area (Å²) in [6, 6.07) is 0. The first-order valence-electron chi connectivity index (χ1n) is 6.79. The Kier molecular flexibility index (Phi) is 6.52. The molecule has 0 aliphatic rings. The van der Waals surface area contributed by atoms with Crippen LogP contribution in [0.2, 0.25) is 0 Å². The molecular weight excluding hydrogens is 242 g/mol. The van der Waals surface area contributed by atoms with Gasteiger partial charge in [0.25, 0.3) is 0 Å². The minimum absolute atomic E-state index is 0.295. The van der Waals surface area contributed by atoms with Crippen molar-refractivity contribution < 1.29 is 4.74 Å². The number of nitrogens with one attached hydrogen (secondary N) is 1. The van der Waals surface area contributed by atoms with Crippen molar-refractivity contribution in [1.29, 1.82) is 0 Å². The normalized spacial score (nSPS) is 10.8. The molecule has 0 unspecified atom stereocenters. The fourth-order valence-corrected chi connectivity index (χ4v) is 2.02. The van der Waals surface area contributed by atoms with Crippen molar-refractivity contribution in [1.82, 2.24) is 9.97 Å². The van der Waals surface area contributed by atoms with Gasteiger partial charge in [-0.15, -0.1) is 0 Å². The molecule has 1 aromatic heterocycles. The third-order valence-corrected chi connectivity index (χ3v) is 2.97. The summed E-state index contributed by atoms with van der Waals surface area (Å²) in [5.41, 5.74) is 3.70. The van der Waals surface area contributed by atoms with Crippen molar-refractivity contribution in [2.75, 3.05) is 36.6 Å². The Balaban J connectivity index is 3.01. The Morgan fingerprint density at radius 3 is 2.63 bits per heavy atom. The lowest BCUT2D eigenvalue weighted by atomic mass is 10.0. The lowest BCUT2D eigenvalue weighted by Crippen LogP contribution is -2.30. The van der Waals surface area contributed by atoms with Crippen LogP contribution in [-0.2, 0) is 4.74 Å². The number of rotatable bonds is 8. The van der Waals surface area contributed by atoms with Gasteiger partial charge < -0.3 is 15.1 Å². The second-order valence-electron chi connectivity index (χ2n) is 4.54. The van der Waals surface area contributed by atoms with Crippen molar-refractivity contribution in [2.45, 2.75) is 33.6 Å². The fourth-order valence-electron chi connectivity index (χ4n) is 2.02. The average molecular weight is 267 g/mol. The van der Waals surface area contributed by atoms with Crippen LogP contribution in [-0.4, -0.2) is 36.3 Å². The number of likely N-dealkylation sites (N-methyl/N-ethyl adjacent to an activating group) is 1. The third kappa shape index (κ3) is 4.04. The number of hydrazine groups is 1. The number of nitrogens with two attached hydrogens (primary N) is 1. The molecule has 1 heterocycles. The summed E-state index contributed by atoms with van der Waals surface area (Å²) in [7, 11) is 0. The van der Waals surface area contributed by atoms with Crippen LogP contribution in [0.4, 0.5) is 11.6 Å². The summed E-state index contributed by atoms with van der Waals surface area (Å²) >= 11 is 0. The highest BCUT2D eigenvalue weighted by Crippen LogP contribution is 2.30. The van der Waals surface area contributed by atoms with E-state index in [1.54, 1.807) is 6.33 Å². The summed E-state index contributed by atoms with van der Waals surface area (Å²) < 4.78 is 5.42. The van der Waals surface area contributed by atoms with E-state index in [1.165, 1.54) is 0 Å². The standard InChI is InChI=1S/C13H25N5O/c1-5-18(7-8-19-6-2)13-11(10(3)4)12(17-14)15-9-16-13/h9-10H,5-8,14H2,1-4H3,(H,15,16,17). The van der Waals surface area contributed by atoms with Crippen LogP contribution in [0.5, 0.6) is 0 Å². The highest BCUT2D eigenvalue weighted by molar-refractivity contribution is 5.59. The zero-order valence-electron chi connectivity index (χ0n) is 12.3. The Morgan fingerprint density at radius 1 is 1.37 bits per heavy atom. The number of hydrogen-bond donors (Lipinski definition) is 2. The fraction of sp³-hybridized carbons (Fsp3) is 0.692. The summed E-state index contributed by atoms with van der Waals surface area (Å²) in [5.74, 6) is 7.45. The molecule has 0 aliphatic heterocycles. The van der Waals surface area contributed by atoms with Crippen LogP contribution in [0.1, 0.15) is 39.2 Å². The molecule has 1 rings (SSSR count). The third-order valence-electron chi connectivity index (χ3n) is 2.97. The lowest BCUT2D eigenvalue weighted by Gasteiger charge is -2.26. The van der Waals surface area contributed by atoms with E-state index in [0.717, 1.165) is 31.1 Å². The van der Waals surface area contributed by atoms with Crippen LogP contribution in [0.15, 0.2) is 6.33 Å². The quantitative estimate of drug-likeness (QED) is 0.424. The largest absolute Gasteiger partial charge is 0.380 e. The van der Waals surface area contributed by atoms with E-state index in [1.807, 2.05) is 6.92 Å². The smallest absolute Gasteiger partial charge is 0.148 e. The molecule has 0 aliphatic carbocycles. The van der Waals surface area contributed by atoms with Crippen molar-refractivity contribution in [3.05, 3.63) is 11.9 Å². The monoisotopic (exact) mass is 267 g/mol. The molecule has 6 heteroatoms. The second-order valence-corrected chi connectivity index (χ2v) is 4.54. The van der Waals surface area contributed by atoms with Gasteiger partial charge in [0.1, 0.15) is 18.0 Å². The number of ether oxygens (including phenoxy) is 1. The molecule has 0 amide bonds. The SMILES string of the molecule is CCOCCN(CC)c1ncnc(NN)c1C(C)C. The van der Waals surface area contributed by atoms with Gasteiger partial charge in [0.15, 0.2) is 0 Å². The van der Waals surface area contributed by atoms with Crippen molar-refractivity contribution in [3.63, 3.8) is 0 Å². The Hall–Kier alpha value is -1.40. The van der Waals surface area contributed by atoms with Crippen LogP contribution in [0.3, 0.4) is 0 Å². The minimum atomic E-state index is 0.295. The van der Waals surface area contributed by atoms with E-state index in [0.29, 0.717) is 18.3 Å². The molecule has 3 N–H and O–H groups in total. The average Bonchev–Trinajstić information content (AvgIpc) is 2.42. The minimum Gasteiger partial charge on any atom is -0.380 e. The summed E-state index contributed by atoms with van der Waals surface area (Å²) in [5, 5.41) is 0. The van der Waals surface area contributed by atoms with Gasteiger partial charge in [-0.3, -0.25) is 0 Å². The molecule has 0 radical (unpaired) electrons. The van der Waals surface area contributed by atoms with E-state index in [-0.39, 0.29) is 0 Å². The molecule has 0 saturated carbocycles. The molecule has 6 nitrogen and oxygen atoms in total. The van der Waals surface area contributed by atoms with Gasteiger partial charge in [-0.2, -0.15) is 0 Å². The summed E-state index contributed by atoms with van der Waals surface area (Å²) in [6.07, 6.45) is 1.54. The number of nitrogen functional groups attached to an aromatic ring is 1. The van der Waals surface area contributed by atoms with Crippen LogP contribution < -0.4 is 16.2 Å². The second kappa shape index (κ2) is 7.91.